The van der Waals surface area contributed by atoms with Gasteiger partial charge in [-0.3, -0.25) is 0 Å². The number of benzene rings is 2. The molecule has 106 valence electrons. The minimum atomic E-state index is -4.53. The minimum Gasteiger partial charge on any atom is -0.166 e. The molecule has 0 fully saturated rings. The third-order valence-corrected chi connectivity index (χ3v) is 3.81. The van der Waals surface area contributed by atoms with E-state index in [1.54, 1.807) is 18.2 Å². The van der Waals surface area contributed by atoms with Gasteiger partial charge in [-0.2, -0.15) is 13.2 Å². The predicted octanol–water partition coefficient (Wildman–Crippen LogP) is 6.99. The second-order valence-corrected chi connectivity index (χ2v) is 5.54. The molecular formula is C13H5Cl4F3. The van der Waals surface area contributed by atoms with Gasteiger partial charge in [-0.15, -0.1) is 0 Å². The van der Waals surface area contributed by atoms with E-state index in [1.165, 1.54) is 0 Å². The molecule has 2 aromatic rings. The van der Waals surface area contributed by atoms with E-state index in [0.29, 0.717) is 5.56 Å². The highest BCUT2D eigenvalue weighted by molar-refractivity contribution is 6.44. The zero-order chi connectivity index (χ0) is 15.1. The highest BCUT2D eigenvalue weighted by Gasteiger charge is 2.32. The van der Waals surface area contributed by atoms with Crippen LogP contribution in [-0.4, -0.2) is 0 Å². The van der Waals surface area contributed by atoms with Crippen molar-refractivity contribution in [1.29, 1.82) is 0 Å². The number of rotatable bonds is 1. The molecule has 0 aliphatic carbocycles. The van der Waals surface area contributed by atoms with Crippen LogP contribution in [0.4, 0.5) is 13.2 Å². The summed E-state index contributed by atoms with van der Waals surface area (Å²) in [7, 11) is 0. The van der Waals surface area contributed by atoms with Gasteiger partial charge in [-0.25, -0.2) is 0 Å². The van der Waals surface area contributed by atoms with E-state index in [-0.39, 0.29) is 25.7 Å². The van der Waals surface area contributed by atoms with Crippen molar-refractivity contribution < 1.29 is 13.2 Å². The topological polar surface area (TPSA) is 0 Å². The van der Waals surface area contributed by atoms with Crippen molar-refractivity contribution >= 4 is 46.4 Å². The molecule has 0 saturated carbocycles. The normalized spacial score (nSPS) is 11.8. The van der Waals surface area contributed by atoms with Crippen LogP contribution in [0.25, 0.3) is 11.1 Å². The zero-order valence-corrected chi connectivity index (χ0v) is 12.6. The van der Waals surface area contributed by atoms with Gasteiger partial charge in [-0.1, -0.05) is 52.5 Å². The van der Waals surface area contributed by atoms with E-state index < -0.39 is 11.7 Å². The number of hydrogen-bond acceptors (Lipinski definition) is 0. The van der Waals surface area contributed by atoms with E-state index >= 15 is 0 Å². The van der Waals surface area contributed by atoms with Gasteiger partial charge in [0.25, 0.3) is 0 Å². The van der Waals surface area contributed by atoms with Crippen LogP contribution in [-0.2, 0) is 6.18 Å². The summed E-state index contributed by atoms with van der Waals surface area (Å²) in [6.45, 7) is 0. The molecule has 0 N–H and O–H groups in total. The Morgan fingerprint density at radius 1 is 0.700 bits per heavy atom. The minimum absolute atomic E-state index is 0.167. The van der Waals surface area contributed by atoms with Crippen LogP contribution in [0.5, 0.6) is 0 Å². The number of halogens is 7. The predicted molar refractivity (Wildman–Crippen MR) is 76.9 cm³/mol. The fourth-order valence-corrected chi connectivity index (χ4v) is 2.97. The maximum atomic E-state index is 12.7. The molecule has 0 spiro atoms. The molecule has 0 heterocycles. The van der Waals surface area contributed by atoms with Gasteiger partial charge in [0.2, 0.25) is 0 Å². The summed E-state index contributed by atoms with van der Waals surface area (Å²) in [4.78, 5) is 0. The lowest BCUT2D eigenvalue weighted by Gasteiger charge is -2.14. The van der Waals surface area contributed by atoms with E-state index in [4.69, 9.17) is 46.4 Å². The molecule has 7 heteroatoms. The molecule has 2 rings (SSSR count). The molecule has 0 aliphatic heterocycles. The quantitative estimate of drug-likeness (QED) is 0.514. The Bertz CT molecular complexity index is 622. The molecule has 0 unspecified atom stereocenters. The van der Waals surface area contributed by atoms with Crippen LogP contribution in [0, 0.1) is 0 Å². The van der Waals surface area contributed by atoms with E-state index in [2.05, 4.69) is 0 Å². The number of hydrogen-bond donors (Lipinski definition) is 0. The van der Waals surface area contributed by atoms with Gasteiger partial charge < -0.3 is 0 Å². The smallest absolute Gasteiger partial charge is 0.166 e. The highest BCUT2D eigenvalue weighted by Crippen LogP contribution is 2.45. The van der Waals surface area contributed by atoms with Gasteiger partial charge in [0.05, 0.1) is 15.6 Å². The largest absolute Gasteiger partial charge is 0.416 e. The maximum absolute atomic E-state index is 12.7. The Labute approximate surface area is 133 Å². The van der Waals surface area contributed by atoms with Crippen molar-refractivity contribution in [2.75, 3.05) is 0 Å². The van der Waals surface area contributed by atoms with Crippen molar-refractivity contribution in [1.82, 2.24) is 0 Å². The van der Waals surface area contributed by atoms with Gasteiger partial charge in [0, 0.05) is 21.2 Å². The Hall–Kier alpha value is -0.610. The van der Waals surface area contributed by atoms with Gasteiger partial charge in [0.15, 0.2) is 0 Å². The molecule has 2 aromatic carbocycles. The van der Waals surface area contributed by atoms with Crippen LogP contribution < -0.4 is 0 Å². The first kappa shape index (κ1) is 15.8. The van der Waals surface area contributed by atoms with Crippen molar-refractivity contribution in [2.45, 2.75) is 6.18 Å². The van der Waals surface area contributed by atoms with Crippen LogP contribution >= 0.6 is 46.4 Å². The molecule has 0 aromatic heterocycles. The molecule has 0 aliphatic rings. The van der Waals surface area contributed by atoms with Crippen molar-refractivity contribution in [2.24, 2.45) is 0 Å². The highest BCUT2D eigenvalue weighted by atomic mass is 35.5. The summed E-state index contributed by atoms with van der Waals surface area (Å²) in [6.07, 6.45) is -4.53. The first-order valence-corrected chi connectivity index (χ1v) is 6.73. The first-order chi connectivity index (χ1) is 9.21. The van der Waals surface area contributed by atoms with Crippen LogP contribution in [0.3, 0.4) is 0 Å². The molecule has 0 atom stereocenters. The van der Waals surface area contributed by atoms with Gasteiger partial charge in [0.1, 0.15) is 0 Å². The average Bonchev–Trinajstić information content (AvgIpc) is 2.30. The van der Waals surface area contributed by atoms with Crippen LogP contribution in [0.1, 0.15) is 5.56 Å². The van der Waals surface area contributed by atoms with Crippen LogP contribution in [0.2, 0.25) is 20.1 Å². The van der Waals surface area contributed by atoms with Crippen molar-refractivity contribution in [3.63, 3.8) is 0 Å². The fourth-order valence-electron chi connectivity index (χ4n) is 1.71. The van der Waals surface area contributed by atoms with Gasteiger partial charge in [-0.05, 0) is 24.3 Å². The molecule has 0 amide bonds. The van der Waals surface area contributed by atoms with Crippen molar-refractivity contribution in [3.8, 4) is 11.1 Å². The van der Waals surface area contributed by atoms with E-state index in [0.717, 1.165) is 12.1 Å². The standard InChI is InChI=1S/C13H5Cl4F3/c14-7-2-1-3-8(15)11(7)12-9(16)4-6(5-10(12)17)13(18,19)20/h1-5H. The maximum Gasteiger partial charge on any atom is 0.416 e. The monoisotopic (exact) mass is 358 g/mol. The summed E-state index contributed by atoms with van der Waals surface area (Å²) in [5.74, 6) is 0. The fraction of sp³-hybridized carbons (Fsp3) is 0.0769. The summed E-state index contributed by atoms with van der Waals surface area (Å²) >= 11 is 23.9. The first-order valence-electron chi connectivity index (χ1n) is 5.22. The lowest BCUT2D eigenvalue weighted by atomic mass is 10.0. The summed E-state index contributed by atoms with van der Waals surface area (Å²) in [5.41, 5.74) is -0.448. The second-order valence-electron chi connectivity index (χ2n) is 3.91. The molecule has 20 heavy (non-hydrogen) atoms. The summed E-state index contributed by atoms with van der Waals surface area (Å²) in [6, 6.07) is 6.30. The lowest BCUT2D eigenvalue weighted by molar-refractivity contribution is -0.137. The summed E-state index contributed by atoms with van der Waals surface area (Å²) < 4.78 is 38.0. The van der Waals surface area contributed by atoms with Crippen molar-refractivity contribution in [3.05, 3.63) is 56.0 Å². The third kappa shape index (κ3) is 3.01. The molecule has 0 bridgehead atoms. The third-order valence-electron chi connectivity index (χ3n) is 2.58. The lowest BCUT2D eigenvalue weighted by Crippen LogP contribution is -2.05. The Morgan fingerprint density at radius 3 is 1.50 bits per heavy atom. The molecular weight excluding hydrogens is 355 g/mol. The van der Waals surface area contributed by atoms with E-state index in [9.17, 15) is 13.2 Å². The summed E-state index contributed by atoms with van der Waals surface area (Å²) in [5, 5.41) is 0.168. The van der Waals surface area contributed by atoms with Gasteiger partial charge >= 0.3 is 6.18 Å². The SMILES string of the molecule is FC(F)(F)c1cc(Cl)c(-c2c(Cl)cccc2Cl)c(Cl)c1. The second kappa shape index (κ2) is 5.64. The average molecular weight is 360 g/mol. The Kier molecular flexibility index (Phi) is 4.45. The number of alkyl halides is 3. The molecule has 0 nitrogen and oxygen atoms in total. The van der Waals surface area contributed by atoms with E-state index in [1.807, 2.05) is 0 Å². The molecule has 0 radical (unpaired) electrons. The molecule has 0 saturated heterocycles. The Morgan fingerprint density at radius 2 is 1.10 bits per heavy atom. The zero-order valence-electron chi connectivity index (χ0n) is 9.53. The Balaban J connectivity index is 2.71. The van der Waals surface area contributed by atoms with Crippen LogP contribution in [0.15, 0.2) is 30.3 Å².